The molecule has 5 nitrogen and oxygen atoms in total. The summed E-state index contributed by atoms with van der Waals surface area (Å²) in [6.07, 6.45) is 3.85. The van der Waals surface area contributed by atoms with Gasteiger partial charge in [0.05, 0.1) is 23.1 Å². The van der Waals surface area contributed by atoms with Crippen LogP contribution in [0.3, 0.4) is 0 Å². The van der Waals surface area contributed by atoms with Crippen molar-refractivity contribution in [1.29, 1.82) is 5.26 Å². The molecule has 24 heavy (non-hydrogen) atoms. The maximum Gasteiger partial charge on any atom is 0.103 e. The van der Waals surface area contributed by atoms with Gasteiger partial charge in [-0.2, -0.15) is 10.4 Å². The molecule has 0 unspecified atom stereocenters. The van der Waals surface area contributed by atoms with Crippen LogP contribution in [-0.4, -0.2) is 14.8 Å². The van der Waals surface area contributed by atoms with Gasteiger partial charge >= 0.3 is 0 Å². The molecule has 2 heterocycles. The second-order valence-electron chi connectivity index (χ2n) is 5.84. The summed E-state index contributed by atoms with van der Waals surface area (Å²) in [6.45, 7) is 4.44. The average Bonchev–Trinajstić information content (AvgIpc) is 2.99. The minimum atomic E-state index is 0.601. The van der Waals surface area contributed by atoms with Crippen molar-refractivity contribution in [3.63, 3.8) is 0 Å². The summed E-state index contributed by atoms with van der Waals surface area (Å²) in [7, 11) is 1.91. The first-order valence-corrected chi connectivity index (χ1v) is 7.77. The van der Waals surface area contributed by atoms with Crippen molar-refractivity contribution >= 4 is 5.69 Å². The van der Waals surface area contributed by atoms with Crippen molar-refractivity contribution in [2.45, 2.75) is 20.4 Å². The molecule has 3 aromatic rings. The van der Waals surface area contributed by atoms with E-state index in [2.05, 4.69) is 39.7 Å². The third-order valence-electron chi connectivity index (χ3n) is 3.89. The predicted molar refractivity (Wildman–Crippen MR) is 94.4 cm³/mol. The van der Waals surface area contributed by atoms with Crippen LogP contribution in [0.25, 0.3) is 11.1 Å². The molecule has 0 fully saturated rings. The molecule has 1 N–H and O–H groups in total. The molecule has 0 aliphatic heterocycles. The van der Waals surface area contributed by atoms with Crippen LogP contribution in [0, 0.1) is 25.2 Å². The van der Waals surface area contributed by atoms with Gasteiger partial charge in [0.25, 0.3) is 0 Å². The number of benzene rings is 1. The standard InChI is InChI=1S/C19H19N5/c1-13-7-19(18(9-20)14(2)23-13)21-10-15-5-4-6-16(8-15)17-11-22-24(3)12-17/h4-8,11-12H,10H2,1-3H3,(H,21,23). The van der Waals surface area contributed by atoms with Gasteiger partial charge in [-0.3, -0.25) is 9.67 Å². The van der Waals surface area contributed by atoms with Crippen LogP contribution >= 0.6 is 0 Å². The van der Waals surface area contributed by atoms with Gasteiger partial charge in [-0.15, -0.1) is 0 Å². The number of pyridine rings is 1. The van der Waals surface area contributed by atoms with Gasteiger partial charge < -0.3 is 5.32 Å². The van der Waals surface area contributed by atoms with Crippen LogP contribution in [0.5, 0.6) is 0 Å². The summed E-state index contributed by atoms with van der Waals surface area (Å²) in [4.78, 5) is 4.34. The Morgan fingerprint density at radius 2 is 2.04 bits per heavy atom. The number of hydrogen-bond donors (Lipinski definition) is 1. The van der Waals surface area contributed by atoms with E-state index in [1.807, 2.05) is 45.4 Å². The predicted octanol–water partition coefficient (Wildman–Crippen LogP) is 3.58. The SMILES string of the molecule is Cc1cc(NCc2cccc(-c3cnn(C)c3)c2)c(C#N)c(C)n1. The first-order valence-electron chi connectivity index (χ1n) is 7.77. The lowest BCUT2D eigenvalue weighted by Crippen LogP contribution is -2.04. The highest BCUT2D eigenvalue weighted by atomic mass is 15.2. The highest BCUT2D eigenvalue weighted by Gasteiger charge is 2.08. The summed E-state index contributed by atoms with van der Waals surface area (Å²) in [5, 5.41) is 16.9. The minimum Gasteiger partial charge on any atom is -0.380 e. The number of anilines is 1. The van der Waals surface area contributed by atoms with Crippen molar-refractivity contribution in [3.8, 4) is 17.2 Å². The highest BCUT2D eigenvalue weighted by molar-refractivity contribution is 5.63. The van der Waals surface area contributed by atoms with E-state index in [-0.39, 0.29) is 0 Å². The van der Waals surface area contributed by atoms with E-state index in [9.17, 15) is 5.26 Å². The first-order chi connectivity index (χ1) is 11.6. The van der Waals surface area contributed by atoms with Crippen LogP contribution in [0.4, 0.5) is 5.69 Å². The maximum absolute atomic E-state index is 9.34. The summed E-state index contributed by atoms with van der Waals surface area (Å²) in [5.41, 5.74) is 6.45. The van der Waals surface area contributed by atoms with E-state index in [0.717, 1.165) is 33.8 Å². The van der Waals surface area contributed by atoms with Crippen molar-refractivity contribution in [3.05, 3.63) is 65.2 Å². The Morgan fingerprint density at radius 1 is 1.21 bits per heavy atom. The van der Waals surface area contributed by atoms with E-state index < -0.39 is 0 Å². The van der Waals surface area contributed by atoms with Gasteiger partial charge in [0.2, 0.25) is 0 Å². The van der Waals surface area contributed by atoms with Gasteiger partial charge in [-0.25, -0.2) is 0 Å². The molecule has 0 spiro atoms. The van der Waals surface area contributed by atoms with Crippen LogP contribution in [0.2, 0.25) is 0 Å². The molecule has 0 bridgehead atoms. The molecule has 0 saturated carbocycles. The number of rotatable bonds is 4. The number of hydrogen-bond acceptors (Lipinski definition) is 4. The summed E-state index contributed by atoms with van der Waals surface area (Å²) in [5.74, 6) is 0. The van der Waals surface area contributed by atoms with Crippen molar-refractivity contribution in [1.82, 2.24) is 14.8 Å². The Hall–Kier alpha value is -3.13. The smallest absolute Gasteiger partial charge is 0.103 e. The van der Waals surface area contributed by atoms with Gasteiger partial charge in [0.15, 0.2) is 0 Å². The Balaban J connectivity index is 1.82. The number of nitrogens with zero attached hydrogens (tertiary/aromatic N) is 4. The van der Waals surface area contributed by atoms with Crippen LogP contribution in [0.15, 0.2) is 42.7 Å². The number of aryl methyl sites for hydroxylation is 3. The molecule has 0 saturated heterocycles. The topological polar surface area (TPSA) is 66.5 Å². The largest absolute Gasteiger partial charge is 0.380 e. The molecule has 5 heteroatoms. The van der Waals surface area contributed by atoms with Crippen molar-refractivity contribution < 1.29 is 0 Å². The lowest BCUT2D eigenvalue weighted by Gasteiger charge is -2.11. The fourth-order valence-corrected chi connectivity index (χ4v) is 2.74. The van der Waals surface area contributed by atoms with Gasteiger partial charge in [-0.1, -0.05) is 18.2 Å². The Labute approximate surface area is 141 Å². The number of nitrogens with one attached hydrogen (secondary N) is 1. The fraction of sp³-hybridized carbons (Fsp3) is 0.211. The molecule has 0 aliphatic carbocycles. The normalized spacial score (nSPS) is 10.4. The molecule has 0 atom stereocenters. The van der Waals surface area contributed by atoms with E-state index in [4.69, 9.17) is 0 Å². The minimum absolute atomic E-state index is 0.601. The van der Waals surface area contributed by atoms with Crippen LogP contribution in [0.1, 0.15) is 22.5 Å². The van der Waals surface area contributed by atoms with Crippen molar-refractivity contribution in [2.24, 2.45) is 7.05 Å². The molecule has 120 valence electrons. The van der Waals surface area contributed by atoms with Gasteiger partial charge in [0, 0.05) is 31.0 Å². The zero-order chi connectivity index (χ0) is 17.1. The molecular weight excluding hydrogens is 298 g/mol. The Morgan fingerprint density at radius 3 is 2.75 bits per heavy atom. The number of aromatic nitrogens is 3. The third-order valence-corrected chi connectivity index (χ3v) is 3.89. The molecule has 0 radical (unpaired) electrons. The monoisotopic (exact) mass is 317 g/mol. The summed E-state index contributed by atoms with van der Waals surface area (Å²) in [6, 6.07) is 12.5. The fourth-order valence-electron chi connectivity index (χ4n) is 2.74. The van der Waals surface area contributed by atoms with Gasteiger partial charge in [0.1, 0.15) is 6.07 Å². The second kappa shape index (κ2) is 6.55. The van der Waals surface area contributed by atoms with E-state index in [1.165, 1.54) is 0 Å². The summed E-state index contributed by atoms with van der Waals surface area (Å²) >= 11 is 0. The zero-order valence-electron chi connectivity index (χ0n) is 14.0. The van der Waals surface area contributed by atoms with E-state index >= 15 is 0 Å². The molecular formula is C19H19N5. The van der Waals surface area contributed by atoms with E-state index in [0.29, 0.717) is 12.1 Å². The Bertz CT molecular complexity index is 918. The number of nitriles is 1. The zero-order valence-corrected chi connectivity index (χ0v) is 14.0. The van der Waals surface area contributed by atoms with Gasteiger partial charge in [-0.05, 0) is 37.1 Å². The second-order valence-corrected chi connectivity index (χ2v) is 5.84. The summed E-state index contributed by atoms with van der Waals surface area (Å²) < 4.78 is 1.79. The molecule has 0 amide bonds. The lowest BCUT2D eigenvalue weighted by molar-refractivity contribution is 0.768. The molecule has 2 aromatic heterocycles. The third kappa shape index (κ3) is 3.28. The molecule has 0 aliphatic rings. The van der Waals surface area contributed by atoms with Crippen LogP contribution < -0.4 is 5.32 Å². The maximum atomic E-state index is 9.34. The van der Waals surface area contributed by atoms with E-state index in [1.54, 1.807) is 4.68 Å². The highest BCUT2D eigenvalue weighted by Crippen LogP contribution is 2.22. The molecule has 3 rings (SSSR count). The van der Waals surface area contributed by atoms with Crippen molar-refractivity contribution in [2.75, 3.05) is 5.32 Å². The first kappa shape index (κ1) is 15.8. The lowest BCUT2D eigenvalue weighted by atomic mass is 10.1. The quantitative estimate of drug-likeness (QED) is 0.798. The molecule has 1 aromatic carbocycles. The average molecular weight is 317 g/mol. The van der Waals surface area contributed by atoms with Crippen LogP contribution in [-0.2, 0) is 13.6 Å². The Kier molecular flexibility index (Phi) is 4.30.